The Hall–Kier alpha value is -5.15. The van der Waals surface area contributed by atoms with Crippen molar-refractivity contribution in [3.63, 3.8) is 0 Å². The molecule has 0 bridgehead atoms. The van der Waals surface area contributed by atoms with Gasteiger partial charge in [0.05, 0.1) is 33.5 Å². The molecule has 7 rings (SSSR count). The molecule has 0 radical (unpaired) electrons. The van der Waals surface area contributed by atoms with Gasteiger partial charge in [-0.05, 0) is 48.9 Å². The summed E-state index contributed by atoms with van der Waals surface area (Å²) in [5, 5.41) is 11.0. The number of nitrogens with one attached hydrogen (secondary N) is 3. The summed E-state index contributed by atoms with van der Waals surface area (Å²) in [5.41, 5.74) is 9.05. The van der Waals surface area contributed by atoms with E-state index in [1.54, 1.807) is 29.9 Å². The molecule has 0 atom stereocenters. The molecule has 0 spiro atoms. The molecule has 0 unspecified atom stereocenters. The van der Waals surface area contributed by atoms with Crippen molar-refractivity contribution in [2.24, 2.45) is 0 Å². The molecular formula is C30H22N8S. The number of aromatic nitrogens is 7. The summed E-state index contributed by atoms with van der Waals surface area (Å²) in [6, 6.07) is 22.0. The summed E-state index contributed by atoms with van der Waals surface area (Å²) >= 11 is 1.70. The first kappa shape index (κ1) is 23.0. The predicted octanol–water partition coefficient (Wildman–Crippen LogP) is 7.08. The van der Waals surface area contributed by atoms with Gasteiger partial charge in [0.25, 0.3) is 0 Å². The number of hydrogen-bond donors (Lipinski definition) is 3. The highest BCUT2D eigenvalue weighted by Crippen LogP contribution is 2.33. The second-order valence-corrected chi connectivity index (χ2v) is 10.4. The van der Waals surface area contributed by atoms with E-state index in [2.05, 4.69) is 56.1 Å². The molecule has 0 fully saturated rings. The third-order valence-corrected chi connectivity index (χ3v) is 7.47. The van der Waals surface area contributed by atoms with Gasteiger partial charge in [-0.1, -0.05) is 36.9 Å². The highest BCUT2D eigenvalue weighted by atomic mass is 32.1. The molecule has 6 heterocycles. The fraction of sp³-hybridized carbons (Fsp3) is 0.0333. The third-order valence-electron chi connectivity index (χ3n) is 6.46. The Morgan fingerprint density at radius 2 is 1.77 bits per heavy atom. The van der Waals surface area contributed by atoms with E-state index < -0.39 is 0 Å². The molecule has 0 aliphatic carbocycles. The topological polar surface area (TPSA) is 108 Å². The zero-order valence-corrected chi connectivity index (χ0v) is 21.8. The van der Waals surface area contributed by atoms with Crippen LogP contribution in [0.1, 0.15) is 10.4 Å². The van der Waals surface area contributed by atoms with Gasteiger partial charge in [0.2, 0.25) is 0 Å². The van der Waals surface area contributed by atoms with Crippen LogP contribution in [0.5, 0.6) is 0 Å². The number of fused-ring (bicyclic) bond motifs is 2. The van der Waals surface area contributed by atoms with Crippen molar-refractivity contribution in [2.45, 2.75) is 6.92 Å². The van der Waals surface area contributed by atoms with Crippen LogP contribution >= 0.6 is 11.3 Å². The van der Waals surface area contributed by atoms with Gasteiger partial charge in [-0.3, -0.25) is 15.1 Å². The lowest BCUT2D eigenvalue weighted by Crippen LogP contribution is -1.98. The first-order valence-corrected chi connectivity index (χ1v) is 13.2. The number of aryl methyl sites for hydroxylation is 1. The highest BCUT2D eigenvalue weighted by Gasteiger charge is 2.18. The summed E-state index contributed by atoms with van der Waals surface area (Å²) in [5.74, 6) is 0.635. The lowest BCUT2D eigenvalue weighted by atomic mass is 10.1. The van der Waals surface area contributed by atoms with E-state index >= 15 is 0 Å². The number of pyridine rings is 3. The Bertz CT molecular complexity index is 1980. The molecule has 9 heteroatoms. The van der Waals surface area contributed by atoms with Crippen LogP contribution in [0.15, 0.2) is 91.9 Å². The molecule has 0 saturated carbocycles. The number of aromatic amines is 2. The Balaban J connectivity index is 1.25. The molecule has 0 saturated heterocycles. The minimum atomic E-state index is 0.635. The SMILES string of the molecule is C=C(Nc1cncc(-c2ccc3[nH]nc(-c4nc5c(-c6ccc(C)s6)nccc5[nH]4)c3n2)c1)c1ccccc1. The number of nitrogens with zero attached hydrogens (tertiary/aromatic N) is 5. The minimum absolute atomic E-state index is 0.635. The van der Waals surface area contributed by atoms with Gasteiger partial charge in [-0.25, -0.2) is 9.97 Å². The summed E-state index contributed by atoms with van der Waals surface area (Å²) in [4.78, 5) is 24.6. The zero-order chi connectivity index (χ0) is 26.3. The van der Waals surface area contributed by atoms with E-state index in [1.165, 1.54) is 4.88 Å². The van der Waals surface area contributed by atoms with E-state index in [1.807, 2.05) is 54.6 Å². The maximum Gasteiger partial charge on any atom is 0.161 e. The van der Waals surface area contributed by atoms with Crippen LogP contribution in [0.2, 0.25) is 0 Å². The van der Waals surface area contributed by atoms with Crippen LogP contribution in [-0.4, -0.2) is 35.1 Å². The zero-order valence-electron chi connectivity index (χ0n) is 20.9. The molecule has 0 aliphatic rings. The van der Waals surface area contributed by atoms with Gasteiger partial charge in [0.1, 0.15) is 16.7 Å². The van der Waals surface area contributed by atoms with Crippen LogP contribution in [0, 0.1) is 6.92 Å². The lowest BCUT2D eigenvalue weighted by Gasteiger charge is -2.10. The molecular weight excluding hydrogens is 504 g/mol. The van der Waals surface area contributed by atoms with Crippen molar-refractivity contribution < 1.29 is 0 Å². The number of anilines is 1. The average Bonchev–Trinajstić information content (AvgIpc) is 3.71. The van der Waals surface area contributed by atoms with Crippen molar-refractivity contribution in [2.75, 3.05) is 5.32 Å². The Morgan fingerprint density at radius 3 is 2.62 bits per heavy atom. The number of hydrogen-bond acceptors (Lipinski definition) is 7. The number of thiophene rings is 1. The monoisotopic (exact) mass is 526 g/mol. The summed E-state index contributed by atoms with van der Waals surface area (Å²) in [6.07, 6.45) is 5.37. The summed E-state index contributed by atoms with van der Waals surface area (Å²) in [6.45, 7) is 6.25. The number of benzene rings is 1. The summed E-state index contributed by atoms with van der Waals surface area (Å²) < 4.78 is 0. The van der Waals surface area contributed by atoms with Crippen LogP contribution in [0.4, 0.5) is 5.69 Å². The molecule has 7 aromatic rings. The van der Waals surface area contributed by atoms with Crippen molar-refractivity contribution >= 4 is 44.8 Å². The van der Waals surface area contributed by atoms with Gasteiger partial charge in [0.15, 0.2) is 11.5 Å². The maximum absolute atomic E-state index is 4.96. The Kier molecular flexibility index (Phi) is 5.49. The van der Waals surface area contributed by atoms with E-state index in [-0.39, 0.29) is 0 Å². The number of imidazole rings is 1. The average molecular weight is 527 g/mol. The first-order valence-electron chi connectivity index (χ1n) is 12.4. The van der Waals surface area contributed by atoms with Crippen LogP contribution in [0.3, 0.4) is 0 Å². The van der Waals surface area contributed by atoms with Crippen molar-refractivity contribution in [1.29, 1.82) is 0 Å². The van der Waals surface area contributed by atoms with Crippen molar-refractivity contribution in [3.8, 4) is 33.3 Å². The molecule has 0 amide bonds. The second kappa shape index (κ2) is 9.30. The maximum atomic E-state index is 4.96. The lowest BCUT2D eigenvalue weighted by molar-refractivity contribution is 1.10. The molecule has 0 aliphatic heterocycles. The van der Waals surface area contributed by atoms with Crippen molar-refractivity contribution in [3.05, 3.63) is 102 Å². The van der Waals surface area contributed by atoms with Gasteiger partial charge >= 0.3 is 0 Å². The third kappa shape index (κ3) is 4.24. The molecule has 39 heavy (non-hydrogen) atoms. The van der Waals surface area contributed by atoms with Crippen LogP contribution in [-0.2, 0) is 0 Å². The second-order valence-electron chi connectivity index (χ2n) is 9.15. The van der Waals surface area contributed by atoms with Crippen LogP contribution in [0.25, 0.3) is 61.1 Å². The molecule has 6 aromatic heterocycles. The van der Waals surface area contributed by atoms with E-state index in [0.29, 0.717) is 11.5 Å². The van der Waals surface area contributed by atoms with Crippen molar-refractivity contribution in [1.82, 2.24) is 35.1 Å². The standard InChI is InChI=1S/C30H22N8S/c1-17-8-11-25(39-17)28-26-23(12-13-32-28)35-30(36-26)29-27-24(37-38-29)10-9-22(34-27)20-14-21(16-31-15-20)33-18(2)19-6-4-3-5-7-19/h3-16,33H,2H2,1H3,(H,35,36)(H,37,38). The fourth-order valence-electron chi connectivity index (χ4n) is 4.55. The van der Waals surface area contributed by atoms with E-state index in [9.17, 15) is 0 Å². The quantitative estimate of drug-likeness (QED) is 0.214. The molecule has 3 N–H and O–H groups in total. The van der Waals surface area contributed by atoms with E-state index in [4.69, 9.17) is 9.97 Å². The Morgan fingerprint density at radius 1 is 0.897 bits per heavy atom. The normalized spacial score (nSPS) is 11.3. The number of rotatable bonds is 6. The fourth-order valence-corrected chi connectivity index (χ4v) is 5.41. The van der Waals surface area contributed by atoms with Gasteiger partial charge in [-0.15, -0.1) is 11.3 Å². The molecule has 188 valence electrons. The van der Waals surface area contributed by atoms with Gasteiger partial charge in [0, 0.05) is 28.5 Å². The molecule has 1 aromatic carbocycles. The van der Waals surface area contributed by atoms with Gasteiger partial charge in [-0.2, -0.15) is 5.10 Å². The summed E-state index contributed by atoms with van der Waals surface area (Å²) in [7, 11) is 0. The largest absolute Gasteiger partial charge is 0.354 e. The highest BCUT2D eigenvalue weighted by molar-refractivity contribution is 7.15. The first-order chi connectivity index (χ1) is 19.1. The Labute approximate surface area is 227 Å². The number of H-pyrrole nitrogens is 2. The van der Waals surface area contributed by atoms with E-state index in [0.717, 1.165) is 60.8 Å². The van der Waals surface area contributed by atoms with Gasteiger partial charge < -0.3 is 10.3 Å². The minimum Gasteiger partial charge on any atom is -0.354 e. The van der Waals surface area contributed by atoms with Crippen LogP contribution < -0.4 is 5.32 Å². The predicted molar refractivity (Wildman–Crippen MR) is 157 cm³/mol. The smallest absolute Gasteiger partial charge is 0.161 e. The molecule has 8 nitrogen and oxygen atoms in total.